The van der Waals surface area contributed by atoms with Crippen LogP contribution in [0.4, 0.5) is 0 Å². The fourth-order valence-corrected chi connectivity index (χ4v) is 4.56. The normalized spacial score (nSPS) is 31.4. The van der Waals surface area contributed by atoms with Crippen LogP contribution in [-0.4, -0.2) is 48.1 Å². The van der Waals surface area contributed by atoms with Crippen molar-refractivity contribution in [3.05, 3.63) is 23.7 Å². The van der Waals surface area contributed by atoms with E-state index in [2.05, 4.69) is 16.3 Å². The third-order valence-electron chi connectivity index (χ3n) is 5.78. The number of rotatable bonds is 3. The van der Waals surface area contributed by atoms with Crippen LogP contribution in [0.2, 0.25) is 0 Å². The summed E-state index contributed by atoms with van der Waals surface area (Å²) in [5.74, 6) is 0.194. The second kappa shape index (κ2) is 7.10. The van der Waals surface area contributed by atoms with Crippen LogP contribution in [0.5, 0.6) is 0 Å². The fourth-order valence-electron chi connectivity index (χ4n) is 4.56. The number of allylic oxidation sites excluding steroid dienone is 1. The first-order valence-corrected chi connectivity index (χ1v) is 9.51. The van der Waals surface area contributed by atoms with E-state index in [4.69, 9.17) is 9.47 Å². The molecular weight excluding hydrogens is 320 g/mol. The van der Waals surface area contributed by atoms with Gasteiger partial charge in [-0.2, -0.15) is 0 Å². The molecule has 1 aliphatic carbocycles. The number of ether oxygens (including phenoxy) is 2. The molecular formula is C19H26N2O4. The van der Waals surface area contributed by atoms with Crippen molar-refractivity contribution in [1.82, 2.24) is 10.2 Å². The maximum absolute atomic E-state index is 13.0. The molecule has 0 aromatic heterocycles. The Balaban J connectivity index is 1.42. The molecule has 2 fully saturated rings. The summed E-state index contributed by atoms with van der Waals surface area (Å²) >= 11 is 0. The van der Waals surface area contributed by atoms with E-state index in [0.29, 0.717) is 13.2 Å². The van der Waals surface area contributed by atoms with Gasteiger partial charge in [0, 0.05) is 11.6 Å². The van der Waals surface area contributed by atoms with Crippen LogP contribution in [0.3, 0.4) is 0 Å². The minimum Gasteiger partial charge on any atom is -0.494 e. The van der Waals surface area contributed by atoms with Crippen LogP contribution in [0.1, 0.15) is 51.4 Å². The number of carbonyl (C=O) groups is 2. The van der Waals surface area contributed by atoms with Crippen molar-refractivity contribution in [1.29, 1.82) is 0 Å². The van der Waals surface area contributed by atoms with Crippen LogP contribution >= 0.6 is 0 Å². The molecule has 4 aliphatic rings. The molecule has 4 rings (SSSR count). The molecule has 2 saturated heterocycles. The van der Waals surface area contributed by atoms with E-state index in [-0.39, 0.29) is 35.7 Å². The Labute approximate surface area is 148 Å². The molecule has 3 atom stereocenters. The lowest BCUT2D eigenvalue weighted by Crippen LogP contribution is -2.46. The van der Waals surface area contributed by atoms with Crippen molar-refractivity contribution in [2.45, 2.75) is 69.5 Å². The Morgan fingerprint density at radius 1 is 1.16 bits per heavy atom. The zero-order chi connectivity index (χ0) is 17.2. The molecule has 3 aliphatic heterocycles. The van der Waals surface area contributed by atoms with Gasteiger partial charge in [-0.1, -0.05) is 12.5 Å². The molecule has 0 aromatic carbocycles. The van der Waals surface area contributed by atoms with Gasteiger partial charge in [-0.05, 0) is 44.9 Å². The summed E-state index contributed by atoms with van der Waals surface area (Å²) in [6.45, 7) is 0.872. The third kappa shape index (κ3) is 3.26. The third-order valence-corrected chi connectivity index (χ3v) is 5.78. The molecule has 3 heterocycles. The topological polar surface area (TPSA) is 67.9 Å². The summed E-state index contributed by atoms with van der Waals surface area (Å²) < 4.78 is 10.5. The second-order valence-electron chi connectivity index (χ2n) is 7.36. The highest BCUT2D eigenvalue weighted by Crippen LogP contribution is 2.39. The van der Waals surface area contributed by atoms with Gasteiger partial charge in [-0.15, -0.1) is 0 Å². The van der Waals surface area contributed by atoms with E-state index in [1.807, 2.05) is 0 Å². The minimum absolute atomic E-state index is 0.00741. The van der Waals surface area contributed by atoms with Gasteiger partial charge in [0.25, 0.3) is 5.91 Å². The van der Waals surface area contributed by atoms with Crippen molar-refractivity contribution in [3.8, 4) is 0 Å². The van der Waals surface area contributed by atoms with E-state index in [0.717, 1.165) is 44.1 Å². The molecule has 0 aromatic rings. The number of carbonyl (C=O) groups excluding carboxylic acids is 2. The van der Waals surface area contributed by atoms with Gasteiger partial charge in [-0.25, -0.2) is 0 Å². The molecule has 6 nitrogen and oxygen atoms in total. The number of hydrogen-bond acceptors (Lipinski definition) is 4. The Hall–Kier alpha value is -1.98. The zero-order valence-corrected chi connectivity index (χ0v) is 14.5. The molecule has 0 radical (unpaired) electrons. The van der Waals surface area contributed by atoms with Crippen LogP contribution < -0.4 is 5.32 Å². The van der Waals surface area contributed by atoms with Crippen LogP contribution in [0, 0.1) is 0 Å². The van der Waals surface area contributed by atoms with Crippen LogP contribution in [0.25, 0.3) is 0 Å². The average molecular weight is 346 g/mol. The van der Waals surface area contributed by atoms with E-state index < -0.39 is 0 Å². The summed E-state index contributed by atoms with van der Waals surface area (Å²) in [5, 5.41) is 3.05. The quantitative estimate of drug-likeness (QED) is 0.849. The number of nitrogens with one attached hydrogen (secondary N) is 1. The van der Waals surface area contributed by atoms with E-state index in [1.165, 1.54) is 19.1 Å². The number of amides is 2. The fraction of sp³-hybridized carbons (Fsp3) is 0.684. The summed E-state index contributed by atoms with van der Waals surface area (Å²) in [7, 11) is 0. The van der Waals surface area contributed by atoms with Crippen molar-refractivity contribution in [2.75, 3.05) is 13.2 Å². The predicted octanol–water partition coefficient (Wildman–Crippen LogP) is 2.01. The first-order valence-electron chi connectivity index (χ1n) is 9.51. The maximum Gasteiger partial charge on any atom is 0.289 e. The molecule has 2 amide bonds. The highest BCUT2D eigenvalue weighted by molar-refractivity contribution is 5.95. The van der Waals surface area contributed by atoms with E-state index >= 15 is 0 Å². The Morgan fingerprint density at radius 2 is 2.08 bits per heavy atom. The van der Waals surface area contributed by atoms with Crippen molar-refractivity contribution in [3.63, 3.8) is 0 Å². The van der Waals surface area contributed by atoms with Crippen LogP contribution in [-0.2, 0) is 19.1 Å². The number of nitrogens with zero attached hydrogens (tertiary/aromatic N) is 1. The largest absolute Gasteiger partial charge is 0.494 e. The lowest BCUT2D eigenvalue weighted by molar-refractivity contribution is -0.129. The predicted molar refractivity (Wildman–Crippen MR) is 91.4 cm³/mol. The van der Waals surface area contributed by atoms with Gasteiger partial charge >= 0.3 is 0 Å². The summed E-state index contributed by atoms with van der Waals surface area (Å²) in [6.07, 6.45) is 11.7. The van der Waals surface area contributed by atoms with Gasteiger partial charge in [-0.3, -0.25) is 9.59 Å². The molecule has 25 heavy (non-hydrogen) atoms. The SMILES string of the molecule is O=C(N[C@@H]1C[C@@H]2CC[C@H]1N2C(=O)C1=CCCCCC1)C1=COCCO1. The highest BCUT2D eigenvalue weighted by atomic mass is 16.6. The average Bonchev–Trinajstić information content (AvgIpc) is 3.07. The number of hydrogen-bond donors (Lipinski definition) is 1. The highest BCUT2D eigenvalue weighted by Gasteiger charge is 2.49. The molecule has 0 spiro atoms. The van der Waals surface area contributed by atoms with E-state index in [1.54, 1.807) is 0 Å². The number of fused-ring (bicyclic) bond motifs is 2. The van der Waals surface area contributed by atoms with Crippen molar-refractivity contribution < 1.29 is 19.1 Å². The summed E-state index contributed by atoms with van der Waals surface area (Å²) in [4.78, 5) is 27.4. The van der Waals surface area contributed by atoms with Crippen molar-refractivity contribution >= 4 is 11.8 Å². The molecule has 1 N–H and O–H groups in total. The molecule has 0 saturated carbocycles. The molecule has 136 valence electrons. The summed E-state index contributed by atoms with van der Waals surface area (Å²) in [6, 6.07) is 0.369. The first kappa shape index (κ1) is 16.5. The Kier molecular flexibility index (Phi) is 4.68. The lowest BCUT2D eigenvalue weighted by atomic mass is 9.95. The zero-order valence-electron chi connectivity index (χ0n) is 14.5. The minimum atomic E-state index is -0.238. The van der Waals surface area contributed by atoms with E-state index in [9.17, 15) is 9.59 Å². The second-order valence-corrected chi connectivity index (χ2v) is 7.36. The first-order chi connectivity index (χ1) is 12.2. The van der Waals surface area contributed by atoms with Gasteiger partial charge in [0.15, 0.2) is 0 Å². The Morgan fingerprint density at radius 3 is 2.92 bits per heavy atom. The van der Waals surface area contributed by atoms with Gasteiger partial charge in [0.05, 0.1) is 12.1 Å². The monoisotopic (exact) mass is 346 g/mol. The summed E-state index contributed by atoms with van der Waals surface area (Å²) in [5.41, 5.74) is 0.980. The van der Waals surface area contributed by atoms with Gasteiger partial charge in [0.1, 0.15) is 19.5 Å². The van der Waals surface area contributed by atoms with Crippen LogP contribution in [0.15, 0.2) is 23.7 Å². The maximum atomic E-state index is 13.0. The van der Waals surface area contributed by atoms with Gasteiger partial charge in [0.2, 0.25) is 11.7 Å². The smallest absolute Gasteiger partial charge is 0.289 e. The molecule has 6 heteroatoms. The molecule has 0 unspecified atom stereocenters. The Bertz CT molecular complexity index is 613. The van der Waals surface area contributed by atoms with Gasteiger partial charge < -0.3 is 19.7 Å². The standard InChI is InChI=1S/C19H26N2O4/c22-18(17-12-24-9-10-25-17)20-15-11-14-7-8-16(15)21(14)19(23)13-5-3-1-2-4-6-13/h5,12,14-16H,1-4,6-11H2,(H,20,22)/t14-,15+,16+/m0/s1. The van der Waals surface area contributed by atoms with Crippen molar-refractivity contribution in [2.24, 2.45) is 0 Å². The molecule has 2 bridgehead atoms. The lowest BCUT2D eigenvalue weighted by Gasteiger charge is -2.26.